The Kier molecular flexibility index (Phi) is 4.58. The average Bonchev–Trinajstić information content (AvgIpc) is 2.98. The predicted octanol–water partition coefficient (Wildman–Crippen LogP) is 5.35. The quantitative estimate of drug-likeness (QED) is 0.482. The topological polar surface area (TPSA) is 36.1 Å². The maximum Gasteiger partial charge on any atom is 0.253 e. The van der Waals surface area contributed by atoms with Gasteiger partial charge < -0.3 is 9.88 Å². The lowest BCUT2D eigenvalue weighted by molar-refractivity contribution is 0.0763. The number of nitrogens with zero attached hydrogens (tertiary/aromatic N) is 1. The van der Waals surface area contributed by atoms with Gasteiger partial charge in [0, 0.05) is 47.7 Å². The Morgan fingerprint density at radius 2 is 1.60 bits per heavy atom. The van der Waals surface area contributed by atoms with Gasteiger partial charge >= 0.3 is 0 Å². The van der Waals surface area contributed by atoms with Gasteiger partial charge in [-0.2, -0.15) is 0 Å². The third kappa shape index (κ3) is 3.26. The van der Waals surface area contributed by atoms with E-state index < -0.39 is 11.6 Å². The molecule has 0 spiro atoms. The summed E-state index contributed by atoms with van der Waals surface area (Å²) in [6, 6.07) is 18.7. The van der Waals surface area contributed by atoms with E-state index in [-0.39, 0.29) is 5.91 Å². The van der Waals surface area contributed by atoms with Crippen molar-refractivity contribution in [2.24, 2.45) is 0 Å². The Bertz CT molecular complexity index is 1230. The summed E-state index contributed by atoms with van der Waals surface area (Å²) in [7, 11) is 0. The zero-order chi connectivity index (χ0) is 20.7. The Labute approximate surface area is 173 Å². The number of carbonyl (C=O) groups excluding carboxylic acids is 1. The number of aromatic amines is 1. The first-order valence-electron chi connectivity index (χ1n) is 10.0. The van der Waals surface area contributed by atoms with Crippen LogP contribution in [0.25, 0.3) is 22.0 Å². The van der Waals surface area contributed by atoms with E-state index in [1.807, 2.05) is 53.4 Å². The van der Waals surface area contributed by atoms with Gasteiger partial charge in [0.1, 0.15) is 11.6 Å². The predicted molar refractivity (Wildman–Crippen MR) is 113 cm³/mol. The third-order valence-corrected chi connectivity index (χ3v) is 5.76. The van der Waals surface area contributed by atoms with Crippen molar-refractivity contribution in [3.63, 3.8) is 0 Å². The summed E-state index contributed by atoms with van der Waals surface area (Å²) in [5.74, 6) is -1.16. The van der Waals surface area contributed by atoms with E-state index >= 15 is 0 Å². The number of nitrogens with one attached hydrogen (secondary N) is 1. The van der Waals surface area contributed by atoms with E-state index in [0.717, 1.165) is 33.8 Å². The maximum absolute atomic E-state index is 13.9. The van der Waals surface area contributed by atoms with E-state index in [2.05, 4.69) is 4.98 Å². The van der Waals surface area contributed by atoms with Crippen LogP contribution in [-0.4, -0.2) is 28.9 Å². The molecule has 0 saturated carbocycles. The van der Waals surface area contributed by atoms with Crippen molar-refractivity contribution in [3.05, 3.63) is 95.2 Å². The first-order chi connectivity index (χ1) is 14.6. The summed E-state index contributed by atoms with van der Waals surface area (Å²) in [5, 5.41) is 0.978. The summed E-state index contributed by atoms with van der Waals surface area (Å²) in [6.45, 7) is 1.22. The first kappa shape index (κ1) is 18.6. The zero-order valence-corrected chi connectivity index (χ0v) is 16.3. The second kappa shape index (κ2) is 7.41. The summed E-state index contributed by atoms with van der Waals surface area (Å²) in [6.07, 6.45) is 1.39. The number of benzene rings is 3. The number of H-pyrrole nitrogens is 1. The average molecular weight is 402 g/mol. The van der Waals surface area contributed by atoms with Crippen LogP contribution in [0.5, 0.6) is 0 Å². The fraction of sp³-hybridized carbons (Fsp3) is 0.160. The fourth-order valence-electron chi connectivity index (χ4n) is 4.38. The van der Waals surface area contributed by atoms with Gasteiger partial charge in [-0.25, -0.2) is 8.78 Å². The van der Waals surface area contributed by atoms with Crippen LogP contribution in [0, 0.1) is 11.6 Å². The molecular formula is C25H20F2N2O. The summed E-state index contributed by atoms with van der Waals surface area (Å²) in [5.41, 5.74) is 5.15. The molecule has 0 bridgehead atoms. The molecule has 2 heterocycles. The van der Waals surface area contributed by atoms with Crippen LogP contribution in [-0.2, 0) is 12.8 Å². The van der Waals surface area contributed by atoms with E-state index in [4.69, 9.17) is 0 Å². The highest BCUT2D eigenvalue weighted by atomic mass is 19.1. The molecule has 0 atom stereocenters. The van der Waals surface area contributed by atoms with Gasteiger partial charge in [0.15, 0.2) is 0 Å². The van der Waals surface area contributed by atoms with Gasteiger partial charge in [-0.05, 0) is 53.4 Å². The second-order valence-corrected chi connectivity index (χ2v) is 7.63. The number of aromatic nitrogens is 1. The van der Waals surface area contributed by atoms with Crippen molar-refractivity contribution < 1.29 is 13.6 Å². The van der Waals surface area contributed by atoms with Gasteiger partial charge in [-0.15, -0.1) is 0 Å². The molecule has 3 aromatic carbocycles. The number of hydrogen-bond donors (Lipinski definition) is 1. The van der Waals surface area contributed by atoms with Crippen LogP contribution in [0.1, 0.15) is 21.6 Å². The minimum atomic E-state index is -0.594. The van der Waals surface area contributed by atoms with E-state index in [9.17, 15) is 13.6 Å². The molecule has 4 aromatic rings. The molecule has 1 aliphatic rings. The minimum absolute atomic E-state index is 0.0254. The molecule has 5 rings (SSSR count). The molecule has 3 nitrogen and oxygen atoms in total. The molecular weight excluding hydrogens is 382 g/mol. The smallest absolute Gasteiger partial charge is 0.253 e. The Hall–Kier alpha value is -3.47. The number of fused-ring (bicyclic) bond motifs is 3. The van der Waals surface area contributed by atoms with Crippen LogP contribution >= 0.6 is 0 Å². The molecule has 5 heteroatoms. The molecule has 0 aliphatic carbocycles. The van der Waals surface area contributed by atoms with Crippen LogP contribution in [0.15, 0.2) is 66.7 Å². The summed E-state index contributed by atoms with van der Waals surface area (Å²) in [4.78, 5) is 18.2. The molecule has 1 amide bonds. The lowest BCUT2D eigenvalue weighted by Crippen LogP contribution is -2.33. The summed E-state index contributed by atoms with van der Waals surface area (Å²) < 4.78 is 27.7. The van der Waals surface area contributed by atoms with E-state index in [0.29, 0.717) is 37.1 Å². The molecule has 30 heavy (non-hydrogen) atoms. The number of hydrogen-bond acceptors (Lipinski definition) is 1. The lowest BCUT2D eigenvalue weighted by Gasteiger charge is -2.20. The number of halogens is 2. The van der Waals surface area contributed by atoms with Crippen LogP contribution in [0.2, 0.25) is 0 Å². The molecule has 0 saturated heterocycles. The Morgan fingerprint density at radius 1 is 0.867 bits per heavy atom. The van der Waals surface area contributed by atoms with Crippen LogP contribution in [0.4, 0.5) is 8.78 Å². The molecule has 0 unspecified atom stereocenters. The molecule has 150 valence electrons. The maximum atomic E-state index is 13.9. The van der Waals surface area contributed by atoms with Gasteiger partial charge in [-0.3, -0.25) is 4.79 Å². The fourth-order valence-corrected chi connectivity index (χ4v) is 4.38. The van der Waals surface area contributed by atoms with Gasteiger partial charge in [0.25, 0.3) is 5.91 Å². The highest BCUT2D eigenvalue weighted by molar-refractivity contribution is 5.99. The van der Waals surface area contributed by atoms with Crippen LogP contribution in [0.3, 0.4) is 0 Å². The standard InChI is InChI=1S/C25H20F2N2O/c26-18-13-17(14-19(27)15-18)20-7-4-8-23-24(20)21-9-11-29(12-10-22(21)28-23)25(30)16-5-2-1-3-6-16/h1-8,13-15,28H,9-12H2. The Morgan fingerprint density at radius 3 is 2.37 bits per heavy atom. The van der Waals surface area contributed by atoms with Gasteiger partial charge in [0.2, 0.25) is 0 Å². The van der Waals surface area contributed by atoms with Crippen molar-refractivity contribution in [1.29, 1.82) is 0 Å². The van der Waals surface area contributed by atoms with E-state index in [1.54, 1.807) is 0 Å². The second-order valence-electron chi connectivity index (χ2n) is 7.63. The monoisotopic (exact) mass is 402 g/mol. The van der Waals surface area contributed by atoms with Crippen molar-refractivity contribution in [2.75, 3.05) is 13.1 Å². The van der Waals surface area contributed by atoms with Crippen molar-refractivity contribution >= 4 is 16.8 Å². The van der Waals surface area contributed by atoms with Crippen molar-refractivity contribution in [2.45, 2.75) is 12.8 Å². The zero-order valence-electron chi connectivity index (χ0n) is 16.3. The van der Waals surface area contributed by atoms with Crippen molar-refractivity contribution in [1.82, 2.24) is 9.88 Å². The molecule has 0 radical (unpaired) electrons. The molecule has 1 N–H and O–H groups in total. The van der Waals surface area contributed by atoms with Gasteiger partial charge in [-0.1, -0.05) is 30.3 Å². The Balaban J connectivity index is 1.53. The SMILES string of the molecule is O=C(c1ccccc1)N1CCc2[nH]c3cccc(-c4cc(F)cc(F)c4)c3c2CC1. The first-order valence-corrected chi connectivity index (χ1v) is 10.0. The molecule has 1 aromatic heterocycles. The lowest BCUT2D eigenvalue weighted by atomic mass is 9.96. The normalized spacial score (nSPS) is 13.9. The number of amides is 1. The highest BCUT2D eigenvalue weighted by Gasteiger charge is 2.23. The largest absolute Gasteiger partial charge is 0.358 e. The van der Waals surface area contributed by atoms with Crippen molar-refractivity contribution in [3.8, 4) is 11.1 Å². The third-order valence-electron chi connectivity index (χ3n) is 5.76. The molecule has 1 aliphatic heterocycles. The molecule has 0 fully saturated rings. The highest BCUT2D eigenvalue weighted by Crippen LogP contribution is 2.35. The number of carbonyl (C=O) groups is 1. The number of rotatable bonds is 2. The van der Waals surface area contributed by atoms with Crippen LogP contribution < -0.4 is 0 Å². The van der Waals surface area contributed by atoms with Gasteiger partial charge in [0.05, 0.1) is 0 Å². The minimum Gasteiger partial charge on any atom is -0.358 e. The summed E-state index contributed by atoms with van der Waals surface area (Å²) >= 11 is 0. The van der Waals surface area contributed by atoms with E-state index in [1.165, 1.54) is 12.1 Å².